The average molecular weight is 312 g/mol. The Bertz CT molecular complexity index is 891. The minimum atomic E-state index is -0.305. The molecule has 0 bridgehead atoms. The van der Waals surface area contributed by atoms with E-state index in [1.807, 2.05) is 18.2 Å². The van der Waals surface area contributed by atoms with Crippen molar-refractivity contribution in [2.24, 2.45) is 0 Å². The molecule has 23 heavy (non-hydrogen) atoms. The van der Waals surface area contributed by atoms with E-state index in [0.29, 0.717) is 11.6 Å². The molecule has 0 saturated heterocycles. The molecule has 0 radical (unpaired) electrons. The van der Waals surface area contributed by atoms with Crippen molar-refractivity contribution in [3.05, 3.63) is 41.6 Å². The third kappa shape index (κ3) is 2.42. The summed E-state index contributed by atoms with van der Waals surface area (Å²) in [6, 6.07) is 8.33. The molecule has 3 aromatic rings. The number of imidazole rings is 1. The number of ether oxygens (including phenoxy) is 1. The molecule has 4 heteroatoms. The second kappa shape index (κ2) is 5.15. The highest BCUT2D eigenvalue weighted by atomic mass is 16.5. The zero-order chi connectivity index (χ0) is 16.9. The second-order valence-electron chi connectivity index (χ2n) is 7.37. The van der Waals surface area contributed by atoms with E-state index in [4.69, 9.17) is 4.74 Å². The molecule has 0 aliphatic rings. The van der Waals surface area contributed by atoms with Gasteiger partial charge in [-0.2, -0.15) is 0 Å². The van der Waals surface area contributed by atoms with Crippen molar-refractivity contribution in [2.45, 2.75) is 46.1 Å². The Hall–Kier alpha value is -2.23. The number of rotatable bonds is 2. The molecular formula is C19H24N2O2. The molecule has 0 atom stereocenters. The number of benzene rings is 1. The monoisotopic (exact) mass is 312 g/mol. The number of carbonyl (C=O) groups is 1. The largest absolute Gasteiger partial charge is 0.465 e. The molecule has 0 aliphatic heterocycles. The molecule has 2 heterocycles. The summed E-state index contributed by atoms with van der Waals surface area (Å²) < 4.78 is 9.35. The Balaban J connectivity index is 2.37. The quantitative estimate of drug-likeness (QED) is 0.650. The molecule has 0 N–H and O–H groups in total. The highest BCUT2D eigenvalue weighted by Gasteiger charge is 2.21. The fourth-order valence-electron chi connectivity index (χ4n) is 3.07. The lowest BCUT2D eigenvalue weighted by Gasteiger charge is -2.16. The van der Waals surface area contributed by atoms with Crippen LogP contribution in [-0.2, 0) is 10.2 Å². The molecule has 0 saturated carbocycles. The normalized spacial score (nSPS) is 12.5. The van der Waals surface area contributed by atoms with Crippen LogP contribution in [0, 0.1) is 0 Å². The van der Waals surface area contributed by atoms with E-state index in [1.165, 1.54) is 12.7 Å². The fourth-order valence-corrected chi connectivity index (χ4v) is 3.07. The molecule has 0 fully saturated rings. The van der Waals surface area contributed by atoms with E-state index in [9.17, 15) is 4.79 Å². The van der Waals surface area contributed by atoms with Crippen LogP contribution in [0.4, 0.5) is 0 Å². The third-order valence-corrected chi connectivity index (χ3v) is 4.34. The number of hydrogen-bond acceptors (Lipinski definition) is 2. The first-order chi connectivity index (χ1) is 10.7. The van der Waals surface area contributed by atoms with Gasteiger partial charge in [-0.3, -0.25) is 0 Å². The maximum atomic E-state index is 11.9. The Labute approximate surface area is 136 Å². The van der Waals surface area contributed by atoms with E-state index in [1.54, 1.807) is 0 Å². The van der Waals surface area contributed by atoms with Gasteiger partial charge in [0.25, 0.3) is 0 Å². The van der Waals surface area contributed by atoms with E-state index in [2.05, 4.69) is 55.8 Å². The van der Waals surface area contributed by atoms with Crippen molar-refractivity contribution < 1.29 is 9.53 Å². The van der Waals surface area contributed by atoms with Crippen molar-refractivity contribution in [1.29, 1.82) is 0 Å². The molecule has 3 rings (SSSR count). The summed E-state index contributed by atoms with van der Waals surface area (Å²) in [6.07, 6.45) is 2.18. The Morgan fingerprint density at radius 1 is 1.13 bits per heavy atom. The third-order valence-electron chi connectivity index (χ3n) is 4.34. The van der Waals surface area contributed by atoms with Gasteiger partial charge in [-0.1, -0.05) is 20.8 Å². The first-order valence-corrected chi connectivity index (χ1v) is 7.99. The van der Waals surface area contributed by atoms with Crippen LogP contribution < -0.4 is 0 Å². The van der Waals surface area contributed by atoms with Gasteiger partial charge in [-0.25, -0.2) is 4.79 Å². The molecule has 122 valence electrons. The van der Waals surface area contributed by atoms with Gasteiger partial charge in [0.05, 0.1) is 23.7 Å². The Kier molecular flexibility index (Phi) is 3.51. The minimum Gasteiger partial charge on any atom is -0.465 e. The summed E-state index contributed by atoms with van der Waals surface area (Å²) in [5.41, 5.74) is 5.26. The summed E-state index contributed by atoms with van der Waals surface area (Å²) in [7, 11) is 1.41. The highest BCUT2D eigenvalue weighted by Crippen LogP contribution is 2.31. The SMILES string of the molecule is COC(=O)c1ccc2c(c1)n1cc(C(C)(C)C)cc1n2C(C)C. The average Bonchev–Trinajstić information content (AvgIpc) is 3.01. The topological polar surface area (TPSA) is 35.6 Å². The first-order valence-electron chi connectivity index (χ1n) is 7.99. The zero-order valence-electron chi connectivity index (χ0n) is 14.7. The number of methoxy groups -OCH3 is 1. The lowest BCUT2D eigenvalue weighted by Crippen LogP contribution is -2.09. The van der Waals surface area contributed by atoms with Crippen LogP contribution in [0.2, 0.25) is 0 Å². The van der Waals surface area contributed by atoms with Gasteiger partial charge in [0.15, 0.2) is 0 Å². The standard InChI is InChI=1S/C19H24N2O2/c1-12(2)21-15-8-7-13(18(22)23-6)9-16(15)20-11-14(10-17(20)21)19(3,4)5/h7-12H,1-6H3. The number of fused-ring (bicyclic) bond motifs is 3. The summed E-state index contributed by atoms with van der Waals surface area (Å²) >= 11 is 0. The summed E-state index contributed by atoms with van der Waals surface area (Å²) in [6.45, 7) is 11.0. The first kappa shape index (κ1) is 15.7. The number of aromatic nitrogens is 2. The predicted octanol–water partition coefficient (Wildman–Crippen LogP) is 4.56. The molecule has 0 aliphatic carbocycles. The molecule has 0 spiro atoms. The number of esters is 1. The van der Waals surface area contributed by atoms with Crippen LogP contribution in [0.1, 0.15) is 56.6 Å². The number of hydrogen-bond donors (Lipinski definition) is 0. The summed E-state index contributed by atoms with van der Waals surface area (Å²) in [4.78, 5) is 11.9. The fraction of sp³-hybridized carbons (Fsp3) is 0.421. The van der Waals surface area contributed by atoms with Crippen molar-refractivity contribution >= 4 is 22.6 Å². The van der Waals surface area contributed by atoms with E-state index in [-0.39, 0.29) is 11.4 Å². The van der Waals surface area contributed by atoms with E-state index in [0.717, 1.165) is 16.7 Å². The zero-order valence-corrected chi connectivity index (χ0v) is 14.7. The molecule has 1 aromatic carbocycles. The predicted molar refractivity (Wildman–Crippen MR) is 93.3 cm³/mol. The van der Waals surface area contributed by atoms with Crippen molar-refractivity contribution in [3.63, 3.8) is 0 Å². The molecule has 4 nitrogen and oxygen atoms in total. The molecule has 0 unspecified atom stereocenters. The lowest BCUT2D eigenvalue weighted by atomic mass is 9.89. The number of nitrogens with zero attached hydrogens (tertiary/aromatic N) is 2. The molecule has 0 amide bonds. The van der Waals surface area contributed by atoms with Gasteiger partial charge < -0.3 is 13.7 Å². The smallest absolute Gasteiger partial charge is 0.337 e. The van der Waals surface area contributed by atoms with Crippen molar-refractivity contribution in [2.75, 3.05) is 7.11 Å². The Morgan fingerprint density at radius 2 is 1.83 bits per heavy atom. The minimum absolute atomic E-state index is 0.0834. The summed E-state index contributed by atoms with van der Waals surface area (Å²) in [5.74, 6) is -0.305. The van der Waals surface area contributed by atoms with Gasteiger partial charge in [0.2, 0.25) is 0 Å². The summed E-state index contributed by atoms with van der Waals surface area (Å²) in [5, 5.41) is 0. The van der Waals surface area contributed by atoms with Crippen LogP contribution in [0.3, 0.4) is 0 Å². The maximum Gasteiger partial charge on any atom is 0.337 e. The van der Waals surface area contributed by atoms with E-state index >= 15 is 0 Å². The van der Waals surface area contributed by atoms with Crippen LogP contribution in [-0.4, -0.2) is 22.0 Å². The van der Waals surface area contributed by atoms with Gasteiger partial charge in [-0.15, -0.1) is 0 Å². The van der Waals surface area contributed by atoms with Gasteiger partial charge in [-0.05, 0) is 49.1 Å². The van der Waals surface area contributed by atoms with E-state index < -0.39 is 0 Å². The van der Waals surface area contributed by atoms with Crippen LogP contribution in [0.5, 0.6) is 0 Å². The maximum absolute atomic E-state index is 11.9. The van der Waals surface area contributed by atoms with Crippen molar-refractivity contribution in [1.82, 2.24) is 8.97 Å². The van der Waals surface area contributed by atoms with Crippen LogP contribution >= 0.6 is 0 Å². The van der Waals surface area contributed by atoms with Crippen LogP contribution in [0.15, 0.2) is 30.5 Å². The van der Waals surface area contributed by atoms with Crippen molar-refractivity contribution in [3.8, 4) is 0 Å². The lowest BCUT2D eigenvalue weighted by molar-refractivity contribution is 0.0601. The van der Waals surface area contributed by atoms with Gasteiger partial charge >= 0.3 is 5.97 Å². The molecule has 2 aromatic heterocycles. The number of carbonyl (C=O) groups excluding carboxylic acids is 1. The molecular weight excluding hydrogens is 288 g/mol. The van der Waals surface area contributed by atoms with Gasteiger partial charge in [0.1, 0.15) is 5.65 Å². The van der Waals surface area contributed by atoms with Crippen LogP contribution in [0.25, 0.3) is 16.7 Å². The van der Waals surface area contributed by atoms with Gasteiger partial charge in [0, 0.05) is 12.2 Å². The second-order valence-corrected chi connectivity index (χ2v) is 7.37. The highest BCUT2D eigenvalue weighted by molar-refractivity contribution is 5.95. The Morgan fingerprint density at radius 3 is 2.39 bits per heavy atom.